The van der Waals surface area contributed by atoms with Crippen molar-refractivity contribution >= 4 is 0 Å². The highest BCUT2D eigenvalue weighted by Crippen LogP contribution is 2.35. The molecule has 1 unspecified atom stereocenters. The predicted molar refractivity (Wildman–Crippen MR) is 72.1 cm³/mol. The summed E-state index contributed by atoms with van der Waals surface area (Å²) in [6, 6.07) is 8.65. The van der Waals surface area contributed by atoms with Gasteiger partial charge in [-0.2, -0.15) is 0 Å². The summed E-state index contributed by atoms with van der Waals surface area (Å²) < 4.78 is 5.84. The fourth-order valence-corrected chi connectivity index (χ4v) is 2.55. The van der Waals surface area contributed by atoms with Crippen molar-refractivity contribution in [1.29, 1.82) is 0 Å². The lowest BCUT2D eigenvalue weighted by Crippen LogP contribution is -2.31. The average Bonchev–Trinajstić information content (AvgIpc) is 3.12. The highest BCUT2D eigenvalue weighted by molar-refractivity contribution is 5.31. The Morgan fingerprint density at radius 2 is 2.11 bits per heavy atom. The summed E-state index contributed by atoms with van der Waals surface area (Å²) >= 11 is 0. The Bertz CT molecular complexity index is 399. The van der Waals surface area contributed by atoms with Gasteiger partial charge in [-0.3, -0.25) is 11.3 Å². The molecule has 3 rings (SSSR count). The van der Waals surface area contributed by atoms with E-state index in [0.29, 0.717) is 6.10 Å². The quantitative estimate of drug-likeness (QED) is 0.599. The summed E-state index contributed by atoms with van der Waals surface area (Å²) in [5.41, 5.74) is 4.21. The van der Waals surface area contributed by atoms with Crippen molar-refractivity contribution in [3.8, 4) is 5.75 Å². The Balaban J connectivity index is 1.67. The number of rotatable bonds is 6. The maximum absolute atomic E-state index is 5.84. The molecule has 2 saturated carbocycles. The zero-order valence-electron chi connectivity index (χ0n) is 10.8. The molecular formula is C15H22N2O. The molecule has 1 aromatic rings. The van der Waals surface area contributed by atoms with E-state index < -0.39 is 0 Å². The number of nitrogens with two attached hydrogens (primary N) is 1. The molecule has 1 atom stereocenters. The van der Waals surface area contributed by atoms with E-state index in [2.05, 4.69) is 23.6 Å². The second-order valence-corrected chi connectivity index (χ2v) is 5.64. The molecule has 0 heterocycles. The molecule has 3 nitrogen and oxygen atoms in total. The van der Waals surface area contributed by atoms with Gasteiger partial charge in [0.1, 0.15) is 5.75 Å². The molecule has 98 valence electrons. The number of benzene rings is 1. The monoisotopic (exact) mass is 246 g/mol. The van der Waals surface area contributed by atoms with Crippen LogP contribution in [0.4, 0.5) is 0 Å². The molecule has 2 aliphatic rings. The van der Waals surface area contributed by atoms with Crippen molar-refractivity contribution in [2.45, 2.75) is 50.7 Å². The van der Waals surface area contributed by atoms with Crippen molar-refractivity contribution in [3.63, 3.8) is 0 Å². The van der Waals surface area contributed by atoms with Crippen LogP contribution in [0, 0.1) is 5.92 Å². The van der Waals surface area contributed by atoms with Crippen LogP contribution in [0.2, 0.25) is 0 Å². The summed E-state index contributed by atoms with van der Waals surface area (Å²) in [4.78, 5) is 0. The molecule has 2 aliphatic carbocycles. The van der Waals surface area contributed by atoms with Crippen LogP contribution in [0.15, 0.2) is 24.3 Å². The second kappa shape index (κ2) is 5.29. The van der Waals surface area contributed by atoms with Gasteiger partial charge >= 0.3 is 0 Å². The van der Waals surface area contributed by atoms with E-state index in [0.717, 1.165) is 18.1 Å². The molecular weight excluding hydrogens is 224 g/mol. The van der Waals surface area contributed by atoms with Gasteiger partial charge in [0, 0.05) is 6.04 Å². The van der Waals surface area contributed by atoms with Gasteiger partial charge in [-0.25, -0.2) is 0 Å². The third-order valence-electron chi connectivity index (χ3n) is 4.08. The molecule has 3 N–H and O–H groups in total. The Labute approximate surface area is 109 Å². The lowest BCUT2D eigenvalue weighted by Gasteiger charge is -2.29. The minimum absolute atomic E-state index is 0.262. The number of ether oxygens (including phenoxy) is 1. The van der Waals surface area contributed by atoms with E-state index in [1.54, 1.807) is 0 Å². The first kappa shape index (κ1) is 12.0. The molecule has 2 fully saturated rings. The topological polar surface area (TPSA) is 47.3 Å². The van der Waals surface area contributed by atoms with Crippen molar-refractivity contribution < 1.29 is 4.74 Å². The van der Waals surface area contributed by atoms with E-state index in [-0.39, 0.29) is 6.04 Å². The van der Waals surface area contributed by atoms with Crippen LogP contribution in [0.25, 0.3) is 0 Å². The minimum Gasteiger partial charge on any atom is -0.490 e. The van der Waals surface area contributed by atoms with Crippen LogP contribution in [0.1, 0.15) is 50.1 Å². The lowest BCUT2D eigenvalue weighted by atomic mass is 9.80. The van der Waals surface area contributed by atoms with Crippen molar-refractivity contribution in [2.75, 3.05) is 0 Å². The van der Waals surface area contributed by atoms with Crippen molar-refractivity contribution in [1.82, 2.24) is 5.43 Å². The largest absolute Gasteiger partial charge is 0.490 e. The third kappa shape index (κ3) is 2.85. The first-order valence-electron chi connectivity index (χ1n) is 7.08. The summed E-state index contributed by atoms with van der Waals surface area (Å²) in [6.45, 7) is 0. The van der Waals surface area contributed by atoms with Crippen LogP contribution in [-0.4, -0.2) is 6.10 Å². The Morgan fingerprint density at radius 3 is 2.72 bits per heavy atom. The van der Waals surface area contributed by atoms with Crippen LogP contribution < -0.4 is 16.0 Å². The van der Waals surface area contributed by atoms with Gasteiger partial charge in [0.2, 0.25) is 0 Å². The third-order valence-corrected chi connectivity index (χ3v) is 4.08. The first-order valence-corrected chi connectivity index (χ1v) is 7.08. The minimum atomic E-state index is 0.262. The van der Waals surface area contributed by atoms with Gasteiger partial charge < -0.3 is 4.74 Å². The predicted octanol–water partition coefficient (Wildman–Crippen LogP) is 2.92. The molecule has 0 aliphatic heterocycles. The highest BCUT2D eigenvalue weighted by Gasteiger charge is 2.25. The maximum atomic E-state index is 5.84. The van der Waals surface area contributed by atoms with Gasteiger partial charge in [0.05, 0.1) is 6.10 Å². The molecule has 0 radical (unpaired) electrons. The molecule has 0 spiro atoms. The van der Waals surface area contributed by atoms with Crippen LogP contribution in [0.5, 0.6) is 5.75 Å². The van der Waals surface area contributed by atoms with Gasteiger partial charge in [-0.1, -0.05) is 31.4 Å². The molecule has 18 heavy (non-hydrogen) atoms. The van der Waals surface area contributed by atoms with Gasteiger partial charge in [-0.05, 0) is 42.9 Å². The number of hydrogen-bond acceptors (Lipinski definition) is 3. The smallest absolute Gasteiger partial charge is 0.120 e. The van der Waals surface area contributed by atoms with Crippen molar-refractivity contribution in [3.05, 3.63) is 29.8 Å². The highest BCUT2D eigenvalue weighted by atomic mass is 16.5. The number of hydrogen-bond donors (Lipinski definition) is 2. The van der Waals surface area contributed by atoms with E-state index >= 15 is 0 Å². The number of hydrazine groups is 1. The van der Waals surface area contributed by atoms with Crippen LogP contribution in [-0.2, 0) is 0 Å². The normalized spacial score (nSPS) is 21.4. The van der Waals surface area contributed by atoms with Gasteiger partial charge in [0.15, 0.2) is 0 Å². The van der Waals surface area contributed by atoms with Crippen LogP contribution >= 0.6 is 0 Å². The average molecular weight is 246 g/mol. The summed E-state index contributed by atoms with van der Waals surface area (Å²) in [7, 11) is 0. The summed E-state index contributed by atoms with van der Waals surface area (Å²) in [5.74, 6) is 7.54. The Hall–Kier alpha value is -1.06. The molecule has 1 aromatic carbocycles. The van der Waals surface area contributed by atoms with E-state index in [1.807, 2.05) is 6.07 Å². The Morgan fingerprint density at radius 1 is 1.28 bits per heavy atom. The molecule has 0 saturated heterocycles. The second-order valence-electron chi connectivity index (χ2n) is 5.64. The van der Waals surface area contributed by atoms with Crippen LogP contribution in [0.3, 0.4) is 0 Å². The summed E-state index contributed by atoms with van der Waals surface area (Å²) in [5, 5.41) is 0. The lowest BCUT2D eigenvalue weighted by molar-refractivity contribution is 0.261. The standard InChI is InChI=1S/C15H22N2O/c16-17-15(9-11-3-1-4-11)12-5-2-6-14(10-12)18-13-7-8-13/h2,5-6,10-11,13,15,17H,1,3-4,7-9,16H2. The molecule has 0 amide bonds. The zero-order valence-corrected chi connectivity index (χ0v) is 10.8. The first-order chi connectivity index (χ1) is 8.85. The Kier molecular flexibility index (Phi) is 3.52. The molecule has 0 aromatic heterocycles. The van der Waals surface area contributed by atoms with Crippen molar-refractivity contribution in [2.24, 2.45) is 11.8 Å². The zero-order chi connectivity index (χ0) is 12.4. The van der Waals surface area contributed by atoms with E-state index in [4.69, 9.17) is 10.6 Å². The van der Waals surface area contributed by atoms with E-state index in [1.165, 1.54) is 37.7 Å². The maximum Gasteiger partial charge on any atom is 0.120 e. The molecule has 0 bridgehead atoms. The summed E-state index contributed by atoms with van der Waals surface area (Å²) in [6.07, 6.45) is 8.09. The number of nitrogens with one attached hydrogen (secondary N) is 1. The fraction of sp³-hybridized carbons (Fsp3) is 0.600. The molecule has 3 heteroatoms. The van der Waals surface area contributed by atoms with Gasteiger partial charge in [-0.15, -0.1) is 0 Å². The fourth-order valence-electron chi connectivity index (χ4n) is 2.55. The van der Waals surface area contributed by atoms with Gasteiger partial charge in [0.25, 0.3) is 0 Å². The van der Waals surface area contributed by atoms with E-state index in [9.17, 15) is 0 Å². The SMILES string of the molecule is NNC(CC1CCC1)c1cccc(OC2CC2)c1.